The van der Waals surface area contributed by atoms with Crippen molar-refractivity contribution in [1.29, 1.82) is 0 Å². The van der Waals surface area contributed by atoms with Crippen LogP contribution in [0.1, 0.15) is 29.3 Å². The molecule has 1 aromatic carbocycles. The molecule has 2 aromatic rings. The number of hydrogen-bond acceptors (Lipinski definition) is 4. The Hall–Kier alpha value is -2.41. The molecule has 1 N–H and O–H groups in total. The number of aromatic nitrogens is 1. The minimum absolute atomic E-state index is 0.0930. The second-order valence-corrected chi connectivity index (χ2v) is 7.55. The fourth-order valence-corrected chi connectivity index (χ4v) is 3.95. The van der Waals surface area contributed by atoms with Crippen LogP contribution in [0.4, 0.5) is 11.4 Å². The van der Waals surface area contributed by atoms with Crippen LogP contribution in [0.2, 0.25) is 0 Å². The first-order chi connectivity index (χ1) is 11.5. The molecule has 1 aromatic heterocycles. The smallest absolute Gasteiger partial charge is 0.259 e. The summed E-state index contributed by atoms with van der Waals surface area (Å²) in [6.45, 7) is 2.40. The summed E-state index contributed by atoms with van der Waals surface area (Å²) in [4.78, 5) is 18.3. The summed E-state index contributed by atoms with van der Waals surface area (Å²) >= 11 is 0. The minimum Gasteiger partial charge on any atom is -0.308 e. The van der Waals surface area contributed by atoms with Crippen LogP contribution in [0.25, 0.3) is 0 Å². The Balaban J connectivity index is 1.82. The molecule has 3 rings (SSSR count). The third-order valence-corrected chi connectivity index (χ3v) is 5.37. The van der Waals surface area contributed by atoms with Crippen LogP contribution in [0.3, 0.4) is 0 Å². The molecule has 0 unspecified atom stereocenters. The molecule has 0 atom stereocenters. The molecule has 1 amide bonds. The quantitative estimate of drug-likeness (QED) is 0.903. The van der Waals surface area contributed by atoms with E-state index in [1.807, 2.05) is 6.92 Å². The Kier molecular flexibility index (Phi) is 4.53. The van der Waals surface area contributed by atoms with Gasteiger partial charge >= 0.3 is 0 Å². The summed E-state index contributed by atoms with van der Waals surface area (Å²) in [6.07, 6.45) is 4.44. The highest BCUT2D eigenvalue weighted by Gasteiger charge is 2.26. The number of benzene rings is 1. The molecular formula is C17H19N3O3S. The van der Waals surface area contributed by atoms with Gasteiger partial charge in [-0.1, -0.05) is 6.92 Å². The lowest BCUT2D eigenvalue weighted by Crippen LogP contribution is -2.28. The van der Waals surface area contributed by atoms with Gasteiger partial charge in [0.15, 0.2) is 0 Å². The molecule has 6 nitrogen and oxygen atoms in total. The molecule has 0 spiro atoms. The number of nitrogens with zero attached hydrogens (tertiary/aromatic N) is 2. The van der Waals surface area contributed by atoms with Gasteiger partial charge in [-0.25, -0.2) is 8.42 Å². The number of rotatable bonds is 5. The average Bonchev–Trinajstić information content (AvgIpc) is 2.97. The van der Waals surface area contributed by atoms with Crippen molar-refractivity contribution in [2.45, 2.75) is 19.8 Å². The molecule has 24 heavy (non-hydrogen) atoms. The minimum atomic E-state index is -3.31. The number of fused-ring (bicyclic) bond motifs is 1. The normalized spacial score (nSPS) is 13.6. The number of pyridine rings is 1. The van der Waals surface area contributed by atoms with Gasteiger partial charge < -0.3 is 4.90 Å². The largest absolute Gasteiger partial charge is 0.308 e. The Morgan fingerprint density at radius 2 is 2.17 bits per heavy atom. The highest BCUT2D eigenvalue weighted by atomic mass is 32.2. The van der Waals surface area contributed by atoms with Crippen molar-refractivity contribution in [1.82, 2.24) is 4.98 Å². The SMILES string of the molecule is CCCS(=O)(=O)Nc1ccc2c(c1)CCN2C(=O)c1cccnc1. The van der Waals surface area contributed by atoms with Crippen molar-refractivity contribution in [3.63, 3.8) is 0 Å². The van der Waals surface area contributed by atoms with Gasteiger partial charge in [0, 0.05) is 30.3 Å². The zero-order valence-corrected chi connectivity index (χ0v) is 14.2. The Labute approximate surface area is 141 Å². The highest BCUT2D eigenvalue weighted by molar-refractivity contribution is 7.92. The van der Waals surface area contributed by atoms with E-state index >= 15 is 0 Å². The van der Waals surface area contributed by atoms with Gasteiger partial charge in [0.25, 0.3) is 5.91 Å². The first-order valence-corrected chi connectivity index (χ1v) is 9.51. The van der Waals surface area contributed by atoms with Crippen LogP contribution < -0.4 is 9.62 Å². The zero-order chi connectivity index (χ0) is 17.2. The van der Waals surface area contributed by atoms with Crippen molar-refractivity contribution in [3.8, 4) is 0 Å². The molecule has 126 valence electrons. The Bertz CT molecular complexity index is 851. The average molecular weight is 345 g/mol. The summed E-state index contributed by atoms with van der Waals surface area (Å²) in [6, 6.07) is 8.76. The number of amides is 1. The van der Waals surface area contributed by atoms with Gasteiger partial charge in [0.05, 0.1) is 11.3 Å². The number of carbonyl (C=O) groups excluding carboxylic acids is 1. The fourth-order valence-electron chi connectivity index (χ4n) is 2.82. The fraction of sp³-hybridized carbons (Fsp3) is 0.294. The van der Waals surface area contributed by atoms with Crippen molar-refractivity contribution in [2.24, 2.45) is 0 Å². The molecule has 0 fully saturated rings. The predicted octanol–water partition coefficient (Wildman–Crippen LogP) is 2.44. The van der Waals surface area contributed by atoms with Gasteiger partial charge in [-0.05, 0) is 48.7 Å². The number of nitrogens with one attached hydrogen (secondary N) is 1. The molecule has 0 bridgehead atoms. The summed E-state index contributed by atoms with van der Waals surface area (Å²) < 4.78 is 26.3. The van der Waals surface area contributed by atoms with E-state index in [9.17, 15) is 13.2 Å². The van der Waals surface area contributed by atoms with E-state index in [0.29, 0.717) is 30.6 Å². The number of carbonyl (C=O) groups is 1. The molecule has 2 heterocycles. The van der Waals surface area contributed by atoms with E-state index in [4.69, 9.17) is 0 Å². The van der Waals surface area contributed by atoms with E-state index in [2.05, 4.69) is 9.71 Å². The van der Waals surface area contributed by atoms with Gasteiger partial charge in [-0.3, -0.25) is 14.5 Å². The monoisotopic (exact) mass is 345 g/mol. The Morgan fingerprint density at radius 3 is 2.88 bits per heavy atom. The molecule has 7 heteroatoms. The first kappa shape index (κ1) is 16.4. The summed E-state index contributed by atoms with van der Waals surface area (Å²) in [7, 11) is -3.31. The van der Waals surface area contributed by atoms with Gasteiger partial charge in [0.2, 0.25) is 10.0 Å². The maximum Gasteiger partial charge on any atom is 0.259 e. The second-order valence-electron chi connectivity index (χ2n) is 5.71. The van der Waals surface area contributed by atoms with E-state index in [-0.39, 0.29) is 11.7 Å². The third kappa shape index (κ3) is 3.41. The highest BCUT2D eigenvalue weighted by Crippen LogP contribution is 2.31. The van der Waals surface area contributed by atoms with Crippen LogP contribution >= 0.6 is 0 Å². The van der Waals surface area contributed by atoms with E-state index in [1.165, 1.54) is 0 Å². The molecule has 1 aliphatic heterocycles. The maximum absolute atomic E-state index is 12.6. The zero-order valence-electron chi connectivity index (χ0n) is 13.4. The van der Waals surface area contributed by atoms with Crippen molar-refractivity contribution >= 4 is 27.3 Å². The number of hydrogen-bond donors (Lipinski definition) is 1. The van der Waals surface area contributed by atoms with Gasteiger partial charge in [0.1, 0.15) is 0 Å². The van der Waals surface area contributed by atoms with E-state index < -0.39 is 10.0 Å². The first-order valence-electron chi connectivity index (χ1n) is 7.85. The van der Waals surface area contributed by atoms with Crippen molar-refractivity contribution in [3.05, 3.63) is 53.9 Å². The number of sulfonamides is 1. The molecule has 0 radical (unpaired) electrons. The lowest BCUT2D eigenvalue weighted by Gasteiger charge is -2.17. The van der Waals surface area contributed by atoms with Gasteiger partial charge in [-0.2, -0.15) is 0 Å². The van der Waals surface area contributed by atoms with Gasteiger partial charge in [-0.15, -0.1) is 0 Å². The molecule has 0 saturated heterocycles. The van der Waals surface area contributed by atoms with Crippen LogP contribution in [0, 0.1) is 0 Å². The lowest BCUT2D eigenvalue weighted by atomic mass is 10.1. The summed E-state index contributed by atoms with van der Waals surface area (Å²) in [5, 5.41) is 0. The van der Waals surface area contributed by atoms with Crippen LogP contribution in [-0.2, 0) is 16.4 Å². The van der Waals surface area contributed by atoms with Crippen molar-refractivity contribution < 1.29 is 13.2 Å². The topological polar surface area (TPSA) is 79.4 Å². The van der Waals surface area contributed by atoms with Crippen LogP contribution in [0.5, 0.6) is 0 Å². The predicted molar refractivity (Wildman–Crippen MR) is 93.8 cm³/mol. The Morgan fingerprint density at radius 1 is 1.33 bits per heavy atom. The second kappa shape index (κ2) is 6.60. The maximum atomic E-state index is 12.6. The van der Waals surface area contributed by atoms with Crippen LogP contribution in [-0.4, -0.2) is 31.6 Å². The molecule has 1 aliphatic rings. The van der Waals surface area contributed by atoms with E-state index in [0.717, 1.165) is 11.3 Å². The third-order valence-electron chi connectivity index (χ3n) is 3.87. The van der Waals surface area contributed by atoms with E-state index in [1.54, 1.807) is 47.6 Å². The standard InChI is InChI=1S/C17H19N3O3S/c1-2-10-24(22,23)19-15-5-6-16-13(11-15)7-9-20(16)17(21)14-4-3-8-18-12-14/h3-6,8,11-12,19H,2,7,9-10H2,1H3. The number of anilines is 2. The lowest BCUT2D eigenvalue weighted by molar-refractivity contribution is 0.0989. The molecule has 0 saturated carbocycles. The summed E-state index contributed by atoms with van der Waals surface area (Å²) in [5.41, 5.74) is 2.86. The van der Waals surface area contributed by atoms with Crippen LogP contribution in [0.15, 0.2) is 42.7 Å². The van der Waals surface area contributed by atoms with Crippen molar-refractivity contribution in [2.75, 3.05) is 21.9 Å². The summed E-state index contributed by atoms with van der Waals surface area (Å²) in [5.74, 6) is -0.00319. The molecular weight excluding hydrogens is 326 g/mol. The molecule has 0 aliphatic carbocycles.